The first-order chi connectivity index (χ1) is 24.3. The van der Waals surface area contributed by atoms with E-state index >= 15 is 0 Å². The van der Waals surface area contributed by atoms with Gasteiger partial charge >= 0.3 is 12.1 Å². The molecule has 0 radical (unpaired) electrons. The lowest BCUT2D eigenvalue weighted by Crippen LogP contribution is -2.58. The quantitative estimate of drug-likeness (QED) is 0.438. The van der Waals surface area contributed by atoms with E-state index in [-0.39, 0.29) is 30.1 Å². The number of nitrogens with one attached hydrogen (secondary N) is 2. The number of hydrogen-bond acceptors (Lipinski definition) is 6. The van der Waals surface area contributed by atoms with Crippen LogP contribution in [-0.2, 0) is 24.1 Å². The van der Waals surface area contributed by atoms with E-state index in [9.17, 15) is 14.4 Å². The number of piperazine rings is 1. The standard InChI is InChI=1S/C39H54N8O3/c1-4-29-10-9-28(26-30(29)5-2)27-33(36(48)45-18-12-31(13-19-45)44-24-22-43(3)23-25-44)41-37(49)46-20-14-32(15-21-46)47-35-11-17-40-34-8-6-7-16-39(34,35)42-38(47)50/h6-11,16-17,26,31-33,35H,4-5,12-15,18-25,27H2,1-3H3,(H,41,49)(H,42,50)/t33-,35?,39?/m1/s1. The molecule has 5 heterocycles. The molecule has 1 aromatic carbocycles. The molecule has 4 fully saturated rings. The minimum absolute atomic E-state index is 0.00435. The minimum atomic E-state index is -0.644. The number of urea groups is 2. The highest BCUT2D eigenvalue weighted by Crippen LogP contribution is 2.36. The van der Waals surface area contributed by atoms with E-state index in [0.717, 1.165) is 76.2 Å². The monoisotopic (exact) mass is 682 g/mol. The first kappa shape index (κ1) is 34.5. The molecule has 2 unspecified atom stereocenters. The zero-order chi connectivity index (χ0) is 34.8. The second kappa shape index (κ2) is 14.7. The summed E-state index contributed by atoms with van der Waals surface area (Å²) in [7, 11) is 2.18. The third-order valence-electron chi connectivity index (χ3n) is 12.0. The van der Waals surface area contributed by atoms with Crippen molar-refractivity contribution in [2.45, 2.75) is 88.5 Å². The highest BCUT2D eigenvalue weighted by Gasteiger charge is 2.55. The number of rotatable bonds is 8. The molecular weight excluding hydrogens is 628 g/mol. The summed E-state index contributed by atoms with van der Waals surface area (Å²) in [6.45, 7) is 11.2. The summed E-state index contributed by atoms with van der Waals surface area (Å²) in [6, 6.07) is 5.92. The van der Waals surface area contributed by atoms with Crippen molar-refractivity contribution >= 4 is 23.7 Å². The smallest absolute Gasteiger partial charge is 0.319 e. The Bertz CT molecular complexity index is 1560. The van der Waals surface area contributed by atoms with Gasteiger partial charge < -0.3 is 30.2 Å². The van der Waals surface area contributed by atoms with Crippen LogP contribution in [0, 0.1) is 0 Å². The molecule has 0 bridgehead atoms. The molecule has 4 saturated heterocycles. The summed E-state index contributed by atoms with van der Waals surface area (Å²) in [4.78, 5) is 56.8. The number of piperidine rings is 2. The largest absolute Gasteiger partial charge is 0.341 e. The molecule has 7 rings (SSSR count). The van der Waals surface area contributed by atoms with Crippen LogP contribution in [0.5, 0.6) is 0 Å². The van der Waals surface area contributed by atoms with Crippen molar-refractivity contribution in [3.05, 3.63) is 71.5 Å². The van der Waals surface area contributed by atoms with Gasteiger partial charge in [-0.2, -0.15) is 0 Å². The fourth-order valence-corrected chi connectivity index (χ4v) is 8.95. The summed E-state index contributed by atoms with van der Waals surface area (Å²) >= 11 is 0. The third-order valence-corrected chi connectivity index (χ3v) is 12.0. The molecule has 11 nitrogen and oxygen atoms in total. The van der Waals surface area contributed by atoms with Crippen molar-refractivity contribution in [1.29, 1.82) is 0 Å². The highest BCUT2D eigenvalue weighted by atomic mass is 16.2. The Morgan fingerprint density at radius 3 is 2.34 bits per heavy atom. The van der Waals surface area contributed by atoms with Gasteiger partial charge in [0.1, 0.15) is 11.6 Å². The van der Waals surface area contributed by atoms with Crippen LogP contribution < -0.4 is 10.6 Å². The van der Waals surface area contributed by atoms with Crippen LogP contribution in [0.2, 0.25) is 0 Å². The summed E-state index contributed by atoms with van der Waals surface area (Å²) in [5.41, 5.74) is 3.91. The van der Waals surface area contributed by atoms with Crippen LogP contribution in [0.15, 0.2) is 59.8 Å². The molecule has 2 N–H and O–H groups in total. The Balaban J connectivity index is 1.01. The highest BCUT2D eigenvalue weighted by molar-refractivity contribution is 6.11. The molecule has 50 heavy (non-hydrogen) atoms. The molecule has 268 valence electrons. The molecular formula is C39H54N8O3. The summed E-state index contributed by atoms with van der Waals surface area (Å²) in [5.74, 6) is 0.0119. The zero-order valence-corrected chi connectivity index (χ0v) is 30.0. The number of carbonyl (C=O) groups is 3. The Kier molecular flexibility index (Phi) is 10.2. The van der Waals surface area contributed by atoms with E-state index in [4.69, 9.17) is 0 Å². The Morgan fingerprint density at radius 2 is 1.62 bits per heavy atom. The number of nitrogens with zero attached hydrogens (tertiary/aromatic N) is 6. The van der Waals surface area contributed by atoms with Crippen molar-refractivity contribution in [3.8, 4) is 0 Å². The molecule has 6 aliphatic rings. The lowest BCUT2D eigenvalue weighted by atomic mass is 9.81. The minimum Gasteiger partial charge on any atom is -0.341 e. The topological polar surface area (TPSA) is 104 Å². The number of likely N-dealkylation sites (tertiary alicyclic amines) is 2. The summed E-state index contributed by atoms with van der Waals surface area (Å²) < 4.78 is 0. The SMILES string of the molecule is CCc1ccc(C[C@@H](NC(=O)N2CCC(N3C(=O)NC45C=CC=CC4=NC=CC35)CC2)C(=O)N2CCC(N3CCN(C)CC3)CC2)cc1CC. The van der Waals surface area contributed by atoms with Gasteiger partial charge in [0.25, 0.3) is 0 Å². The summed E-state index contributed by atoms with van der Waals surface area (Å²) in [5, 5.41) is 6.41. The maximum atomic E-state index is 14.2. The van der Waals surface area contributed by atoms with Crippen LogP contribution in [0.4, 0.5) is 9.59 Å². The van der Waals surface area contributed by atoms with E-state index in [0.29, 0.717) is 38.4 Å². The van der Waals surface area contributed by atoms with Gasteiger partial charge in [0.15, 0.2) is 0 Å². The van der Waals surface area contributed by atoms with Gasteiger partial charge in [-0.3, -0.25) is 14.7 Å². The van der Waals surface area contributed by atoms with Crippen molar-refractivity contribution in [3.63, 3.8) is 0 Å². The van der Waals surface area contributed by atoms with Crippen LogP contribution in [0.3, 0.4) is 0 Å². The van der Waals surface area contributed by atoms with Crippen LogP contribution in [0.25, 0.3) is 0 Å². The summed E-state index contributed by atoms with van der Waals surface area (Å²) in [6.07, 6.45) is 17.4. The molecule has 0 aromatic heterocycles. The molecule has 1 spiro atoms. The predicted octanol–water partition coefficient (Wildman–Crippen LogP) is 3.36. The maximum absolute atomic E-state index is 14.2. The van der Waals surface area contributed by atoms with Crippen LogP contribution in [0.1, 0.15) is 56.2 Å². The van der Waals surface area contributed by atoms with E-state index < -0.39 is 11.6 Å². The van der Waals surface area contributed by atoms with Gasteiger partial charge in [-0.1, -0.05) is 50.3 Å². The number of aliphatic imine (C=N–C) groups is 1. The zero-order valence-electron chi connectivity index (χ0n) is 30.0. The van der Waals surface area contributed by atoms with Gasteiger partial charge in [0.05, 0.1) is 11.8 Å². The first-order valence-electron chi connectivity index (χ1n) is 18.9. The number of likely N-dealkylation sites (N-methyl/N-ethyl adjacent to an activating group) is 1. The predicted molar refractivity (Wildman–Crippen MR) is 196 cm³/mol. The van der Waals surface area contributed by atoms with Crippen LogP contribution >= 0.6 is 0 Å². The average molecular weight is 683 g/mol. The van der Waals surface area contributed by atoms with Gasteiger partial charge in [-0.25, -0.2) is 9.59 Å². The third kappa shape index (κ3) is 6.74. The molecule has 5 amide bonds. The van der Waals surface area contributed by atoms with E-state index in [1.54, 1.807) is 6.20 Å². The normalized spacial score (nSPS) is 26.8. The average Bonchev–Trinajstić information content (AvgIpc) is 3.44. The van der Waals surface area contributed by atoms with Crippen molar-refractivity contribution in [2.75, 3.05) is 59.4 Å². The van der Waals surface area contributed by atoms with Gasteiger partial charge in [0, 0.05) is 77.1 Å². The number of allylic oxidation sites excluding steroid dienone is 2. The Morgan fingerprint density at radius 1 is 0.920 bits per heavy atom. The molecule has 11 heteroatoms. The van der Waals surface area contributed by atoms with Crippen molar-refractivity contribution < 1.29 is 14.4 Å². The van der Waals surface area contributed by atoms with Crippen molar-refractivity contribution in [2.24, 2.45) is 4.99 Å². The van der Waals surface area contributed by atoms with Gasteiger partial charge in [-0.15, -0.1) is 0 Å². The number of hydrogen-bond donors (Lipinski definition) is 2. The van der Waals surface area contributed by atoms with E-state index in [1.807, 2.05) is 45.1 Å². The molecule has 1 aliphatic carbocycles. The van der Waals surface area contributed by atoms with Crippen molar-refractivity contribution in [1.82, 2.24) is 35.1 Å². The van der Waals surface area contributed by atoms with E-state index in [1.165, 1.54) is 11.1 Å². The van der Waals surface area contributed by atoms with Crippen LogP contribution in [-0.4, -0.2) is 137 Å². The molecule has 1 aromatic rings. The van der Waals surface area contributed by atoms with Gasteiger partial charge in [-0.05, 0) is 74.4 Å². The fraction of sp³-hybridized carbons (Fsp3) is 0.590. The second-order valence-electron chi connectivity index (χ2n) is 14.9. The molecule has 5 aliphatic heterocycles. The van der Waals surface area contributed by atoms with Gasteiger partial charge in [0.2, 0.25) is 5.91 Å². The molecule has 3 atom stereocenters. The Labute approximate surface area is 297 Å². The maximum Gasteiger partial charge on any atom is 0.319 e. The number of amides is 5. The first-order valence-corrected chi connectivity index (χ1v) is 18.9. The fourth-order valence-electron chi connectivity index (χ4n) is 8.95. The Hall–Kier alpha value is -3.96. The molecule has 0 saturated carbocycles. The lowest BCUT2D eigenvalue weighted by Gasteiger charge is -2.43. The number of benzene rings is 1. The number of carbonyl (C=O) groups excluding carboxylic acids is 3. The van der Waals surface area contributed by atoms with E-state index in [2.05, 4.69) is 64.5 Å². The lowest BCUT2D eigenvalue weighted by molar-refractivity contribution is -0.135. The number of aryl methyl sites for hydroxylation is 2. The second-order valence-corrected chi connectivity index (χ2v) is 14.9.